The molecule has 2 saturated heterocycles. The van der Waals surface area contributed by atoms with Gasteiger partial charge in [0.2, 0.25) is 0 Å². The first-order chi connectivity index (χ1) is 11.5. The van der Waals surface area contributed by atoms with Crippen LogP contribution in [0.5, 0.6) is 0 Å². The van der Waals surface area contributed by atoms with Crippen molar-refractivity contribution in [2.45, 2.75) is 64.6 Å². The fourth-order valence-corrected chi connectivity index (χ4v) is 5.11. The van der Waals surface area contributed by atoms with Crippen LogP contribution in [0.3, 0.4) is 0 Å². The molecule has 1 aromatic rings. The highest BCUT2D eigenvalue weighted by molar-refractivity contribution is 5.55. The lowest BCUT2D eigenvalue weighted by molar-refractivity contribution is 0.116. The normalized spacial score (nSPS) is 28.0. The van der Waals surface area contributed by atoms with E-state index in [0.29, 0.717) is 18.1 Å². The number of rotatable bonds is 3. The van der Waals surface area contributed by atoms with Crippen molar-refractivity contribution in [2.24, 2.45) is 0 Å². The van der Waals surface area contributed by atoms with Crippen LogP contribution in [0, 0.1) is 0 Å². The quantitative estimate of drug-likeness (QED) is 0.835. The van der Waals surface area contributed by atoms with Crippen molar-refractivity contribution in [3.05, 3.63) is 29.3 Å². The predicted molar refractivity (Wildman–Crippen MR) is 102 cm³/mol. The molecule has 2 bridgehead atoms. The Hall–Kier alpha value is -1.06. The molecule has 0 radical (unpaired) electrons. The van der Waals surface area contributed by atoms with Gasteiger partial charge >= 0.3 is 0 Å². The Labute approximate surface area is 147 Å². The minimum Gasteiger partial charge on any atom is -0.369 e. The third-order valence-electron chi connectivity index (χ3n) is 6.59. The summed E-state index contributed by atoms with van der Waals surface area (Å²) in [4.78, 5) is 7.92. The van der Waals surface area contributed by atoms with E-state index < -0.39 is 0 Å². The zero-order valence-electron chi connectivity index (χ0n) is 15.8. The van der Waals surface area contributed by atoms with Gasteiger partial charge in [0.15, 0.2) is 0 Å². The Balaban J connectivity index is 1.55. The minimum absolute atomic E-state index is 0.653. The number of piperidine rings is 1. The maximum absolute atomic E-state index is 2.73. The summed E-state index contributed by atoms with van der Waals surface area (Å²) in [5.74, 6) is 0.812. The summed E-state index contributed by atoms with van der Waals surface area (Å²) < 4.78 is 0. The molecule has 1 aliphatic carbocycles. The number of hydrogen-bond acceptors (Lipinski definition) is 3. The zero-order chi connectivity index (χ0) is 16.8. The average molecular weight is 328 g/mol. The van der Waals surface area contributed by atoms with Gasteiger partial charge in [-0.15, -0.1) is 0 Å². The Morgan fingerprint density at radius 3 is 2.29 bits per heavy atom. The van der Waals surface area contributed by atoms with Crippen LogP contribution < -0.4 is 4.90 Å². The molecular weight excluding hydrogens is 294 g/mol. The predicted octanol–water partition coefficient (Wildman–Crippen LogP) is 3.86. The first-order valence-corrected chi connectivity index (χ1v) is 9.93. The van der Waals surface area contributed by atoms with Gasteiger partial charge in [-0.05, 0) is 76.3 Å². The molecule has 1 aromatic carbocycles. The Morgan fingerprint density at radius 2 is 1.62 bits per heavy atom. The maximum atomic E-state index is 2.73. The number of anilines is 1. The third-order valence-corrected chi connectivity index (χ3v) is 6.59. The van der Waals surface area contributed by atoms with Crippen LogP contribution in [0.2, 0.25) is 0 Å². The van der Waals surface area contributed by atoms with E-state index in [1.165, 1.54) is 51.3 Å². The van der Waals surface area contributed by atoms with Gasteiger partial charge in [0.25, 0.3) is 0 Å². The molecule has 2 fully saturated rings. The third kappa shape index (κ3) is 2.76. The van der Waals surface area contributed by atoms with Crippen LogP contribution in [0.15, 0.2) is 18.2 Å². The van der Waals surface area contributed by atoms with Crippen LogP contribution in [0.4, 0.5) is 5.69 Å². The summed E-state index contributed by atoms with van der Waals surface area (Å²) >= 11 is 0. The smallest absolute Gasteiger partial charge is 0.0370 e. The number of fused-ring (bicyclic) bond motifs is 5. The van der Waals surface area contributed by atoms with E-state index in [-0.39, 0.29) is 0 Å². The molecule has 0 spiro atoms. The fraction of sp³-hybridized carbons (Fsp3) is 0.714. The Kier molecular flexibility index (Phi) is 4.34. The number of benzene rings is 1. The molecule has 4 rings (SSSR count). The van der Waals surface area contributed by atoms with Crippen molar-refractivity contribution < 1.29 is 0 Å². The molecule has 2 heterocycles. The molecule has 0 aromatic heterocycles. The van der Waals surface area contributed by atoms with E-state index >= 15 is 0 Å². The van der Waals surface area contributed by atoms with E-state index in [4.69, 9.17) is 0 Å². The second kappa shape index (κ2) is 6.34. The van der Waals surface area contributed by atoms with Gasteiger partial charge in [0.05, 0.1) is 0 Å². The first-order valence-electron chi connectivity index (χ1n) is 9.93. The zero-order valence-corrected chi connectivity index (χ0v) is 15.8. The average Bonchev–Trinajstić information content (AvgIpc) is 2.87. The van der Waals surface area contributed by atoms with E-state index in [1.54, 1.807) is 11.1 Å². The summed E-state index contributed by atoms with van der Waals surface area (Å²) in [6, 6.07) is 9.37. The van der Waals surface area contributed by atoms with E-state index in [0.717, 1.165) is 5.92 Å². The number of nitrogens with zero attached hydrogens (tertiary/aromatic N) is 3. The largest absolute Gasteiger partial charge is 0.369 e. The molecule has 24 heavy (non-hydrogen) atoms. The molecule has 0 amide bonds. The van der Waals surface area contributed by atoms with Crippen LogP contribution in [-0.2, 0) is 0 Å². The lowest BCUT2D eigenvalue weighted by Crippen LogP contribution is -2.48. The van der Waals surface area contributed by atoms with Crippen LogP contribution in [0.1, 0.15) is 63.6 Å². The van der Waals surface area contributed by atoms with Crippen LogP contribution in [-0.4, -0.2) is 54.6 Å². The van der Waals surface area contributed by atoms with Gasteiger partial charge in [-0.3, -0.25) is 9.80 Å². The number of likely N-dealkylation sites (tertiary alicyclic amines) is 1. The summed E-state index contributed by atoms with van der Waals surface area (Å²) in [7, 11) is 0. The van der Waals surface area contributed by atoms with Gasteiger partial charge < -0.3 is 4.90 Å². The molecule has 3 aliphatic rings. The summed E-state index contributed by atoms with van der Waals surface area (Å²) in [5.41, 5.74) is 4.73. The highest BCUT2D eigenvalue weighted by Crippen LogP contribution is 2.50. The van der Waals surface area contributed by atoms with Gasteiger partial charge in [0, 0.05) is 50.0 Å². The second-order valence-electron chi connectivity index (χ2n) is 8.50. The van der Waals surface area contributed by atoms with Crippen molar-refractivity contribution in [1.29, 1.82) is 0 Å². The van der Waals surface area contributed by atoms with E-state index in [2.05, 4.69) is 60.6 Å². The Bertz CT molecular complexity index is 587. The molecule has 3 nitrogen and oxygen atoms in total. The molecule has 2 atom stereocenters. The minimum atomic E-state index is 0.653. The van der Waals surface area contributed by atoms with Crippen molar-refractivity contribution in [3.63, 3.8) is 0 Å². The van der Waals surface area contributed by atoms with Gasteiger partial charge in [-0.25, -0.2) is 0 Å². The molecule has 2 unspecified atom stereocenters. The van der Waals surface area contributed by atoms with E-state index in [1.807, 2.05) is 0 Å². The van der Waals surface area contributed by atoms with Crippen molar-refractivity contribution >= 4 is 5.69 Å². The van der Waals surface area contributed by atoms with Crippen molar-refractivity contribution in [2.75, 3.05) is 37.6 Å². The maximum Gasteiger partial charge on any atom is 0.0370 e. The lowest BCUT2D eigenvalue weighted by Gasteiger charge is -2.39. The van der Waals surface area contributed by atoms with Crippen molar-refractivity contribution in [1.82, 2.24) is 9.80 Å². The van der Waals surface area contributed by atoms with Gasteiger partial charge in [-0.2, -0.15) is 0 Å². The van der Waals surface area contributed by atoms with E-state index in [9.17, 15) is 0 Å². The highest BCUT2D eigenvalue weighted by atomic mass is 15.3. The van der Waals surface area contributed by atoms with Crippen LogP contribution in [0.25, 0.3) is 0 Å². The molecule has 3 heteroatoms. The van der Waals surface area contributed by atoms with Crippen LogP contribution >= 0.6 is 0 Å². The SMILES string of the molecule is CC(C)N1CCN(c2ccc3c(c2)C2CC3CCN2C(C)C)CC1. The molecular formula is C21H33N3. The standard InChI is InChI=1S/C21H33N3/c1-15(2)22-9-11-23(12-10-22)18-5-6-19-17-7-8-24(16(3)4)21(13-17)20(19)14-18/h5-6,14-17,21H,7-13H2,1-4H3. The molecule has 0 N–H and O–H groups in total. The lowest BCUT2D eigenvalue weighted by atomic mass is 9.95. The highest BCUT2D eigenvalue weighted by Gasteiger charge is 2.39. The second-order valence-corrected chi connectivity index (χ2v) is 8.50. The summed E-state index contributed by atoms with van der Waals surface area (Å²) in [6.07, 6.45) is 2.69. The fourth-order valence-electron chi connectivity index (χ4n) is 5.11. The molecule has 2 aliphatic heterocycles. The molecule has 0 saturated carbocycles. The topological polar surface area (TPSA) is 9.72 Å². The number of hydrogen-bond donors (Lipinski definition) is 0. The van der Waals surface area contributed by atoms with Gasteiger partial charge in [-0.1, -0.05) is 6.07 Å². The van der Waals surface area contributed by atoms with Gasteiger partial charge in [0.1, 0.15) is 0 Å². The monoisotopic (exact) mass is 327 g/mol. The Morgan fingerprint density at radius 1 is 0.875 bits per heavy atom. The molecule has 132 valence electrons. The number of piperazine rings is 1. The summed E-state index contributed by atoms with van der Waals surface area (Å²) in [6.45, 7) is 15.3. The first kappa shape index (κ1) is 16.4. The summed E-state index contributed by atoms with van der Waals surface area (Å²) in [5, 5.41) is 0. The van der Waals surface area contributed by atoms with Crippen molar-refractivity contribution in [3.8, 4) is 0 Å².